The molecular weight excluding hydrogens is 365 g/mol. The summed E-state index contributed by atoms with van der Waals surface area (Å²) in [5, 5.41) is 0. The Hall–Kier alpha value is -2.44. The van der Waals surface area contributed by atoms with Crippen LogP contribution in [0.1, 0.15) is 18.7 Å². The number of piperazine rings is 1. The van der Waals surface area contributed by atoms with E-state index in [2.05, 4.69) is 55.0 Å². The van der Waals surface area contributed by atoms with Crippen molar-refractivity contribution >= 4 is 16.7 Å². The number of rotatable bonds is 4. The van der Waals surface area contributed by atoms with Crippen LogP contribution in [-0.4, -0.2) is 65.1 Å². The number of anilines is 1. The third kappa shape index (κ3) is 4.14. The number of likely N-dealkylation sites (tertiary alicyclic amines) is 1. The fourth-order valence-electron chi connectivity index (χ4n) is 4.78. The number of halogens is 1. The van der Waals surface area contributed by atoms with Gasteiger partial charge in [-0.2, -0.15) is 0 Å². The van der Waals surface area contributed by atoms with Crippen molar-refractivity contribution in [2.24, 2.45) is 0 Å². The zero-order chi connectivity index (χ0) is 19.6. The van der Waals surface area contributed by atoms with Crippen LogP contribution in [0.5, 0.6) is 0 Å². The second kappa shape index (κ2) is 8.13. The van der Waals surface area contributed by atoms with Crippen LogP contribution in [0.15, 0.2) is 48.5 Å². The highest BCUT2D eigenvalue weighted by atomic mass is 19.1. The van der Waals surface area contributed by atoms with Crippen LogP contribution in [-0.2, 0) is 6.54 Å². The van der Waals surface area contributed by atoms with Crippen LogP contribution in [0.4, 0.5) is 10.1 Å². The van der Waals surface area contributed by atoms with E-state index >= 15 is 0 Å². The van der Waals surface area contributed by atoms with E-state index < -0.39 is 0 Å². The summed E-state index contributed by atoms with van der Waals surface area (Å²) in [5.74, 6) is 0.709. The molecule has 3 heterocycles. The molecule has 2 saturated heterocycles. The third-order valence-electron chi connectivity index (χ3n) is 6.30. The lowest BCUT2D eigenvalue weighted by atomic mass is 10.0. The highest BCUT2D eigenvalue weighted by molar-refractivity contribution is 5.74. The van der Waals surface area contributed by atoms with Crippen molar-refractivity contribution in [3.8, 4) is 0 Å². The number of aromatic amines is 1. The number of nitrogens with zero attached hydrogens (tertiary/aromatic N) is 4. The molecule has 2 aromatic carbocycles. The van der Waals surface area contributed by atoms with E-state index in [0.29, 0.717) is 6.04 Å². The van der Waals surface area contributed by atoms with Gasteiger partial charge in [-0.15, -0.1) is 0 Å². The number of H-pyrrole nitrogens is 1. The van der Waals surface area contributed by atoms with Gasteiger partial charge in [-0.05, 0) is 49.7 Å². The van der Waals surface area contributed by atoms with Crippen LogP contribution in [0.25, 0.3) is 11.0 Å². The number of hydrogen-bond donors (Lipinski definition) is 1. The van der Waals surface area contributed by atoms with Gasteiger partial charge in [-0.3, -0.25) is 9.80 Å². The highest BCUT2D eigenvalue weighted by Crippen LogP contribution is 2.22. The molecule has 2 aliphatic heterocycles. The van der Waals surface area contributed by atoms with Crippen molar-refractivity contribution in [1.29, 1.82) is 0 Å². The van der Waals surface area contributed by atoms with Gasteiger partial charge in [0.15, 0.2) is 0 Å². The Morgan fingerprint density at radius 3 is 2.66 bits per heavy atom. The third-order valence-corrected chi connectivity index (χ3v) is 6.30. The minimum Gasteiger partial charge on any atom is -0.369 e. The standard InChI is InChI=1S/C23H28FN5/c24-18-8-9-21-22(15-18)26-23(25-21)17-27-10-4-7-20(16-27)29-13-11-28(12-14-29)19-5-2-1-3-6-19/h1-3,5-6,8-9,15,20H,4,7,10-14,16-17H2,(H,25,26)/t20-/m1/s1. The molecule has 0 amide bonds. The van der Waals surface area contributed by atoms with E-state index in [1.807, 2.05) is 0 Å². The smallest absolute Gasteiger partial charge is 0.125 e. The molecule has 152 valence electrons. The Balaban J connectivity index is 1.18. The monoisotopic (exact) mass is 393 g/mol. The molecule has 1 atom stereocenters. The van der Waals surface area contributed by atoms with E-state index in [0.717, 1.165) is 62.7 Å². The van der Waals surface area contributed by atoms with Crippen LogP contribution in [0.3, 0.4) is 0 Å². The van der Waals surface area contributed by atoms with E-state index in [1.54, 1.807) is 6.07 Å². The van der Waals surface area contributed by atoms with Crippen molar-refractivity contribution < 1.29 is 4.39 Å². The first-order chi connectivity index (χ1) is 14.2. The summed E-state index contributed by atoms with van der Waals surface area (Å²) < 4.78 is 13.4. The van der Waals surface area contributed by atoms with Crippen LogP contribution < -0.4 is 4.90 Å². The summed E-state index contributed by atoms with van der Waals surface area (Å²) in [7, 11) is 0. The first kappa shape index (κ1) is 18.6. The van der Waals surface area contributed by atoms with Gasteiger partial charge in [0, 0.05) is 44.5 Å². The molecule has 1 N–H and O–H groups in total. The van der Waals surface area contributed by atoms with Crippen molar-refractivity contribution in [3.63, 3.8) is 0 Å². The minimum absolute atomic E-state index is 0.222. The highest BCUT2D eigenvalue weighted by Gasteiger charge is 2.28. The number of hydrogen-bond acceptors (Lipinski definition) is 4. The number of nitrogens with one attached hydrogen (secondary N) is 1. The SMILES string of the molecule is Fc1ccc2nc(CN3CCC[C@@H](N4CCN(c5ccccc5)CC4)C3)[nH]c2c1. The maximum Gasteiger partial charge on any atom is 0.125 e. The molecule has 6 heteroatoms. The lowest BCUT2D eigenvalue weighted by Crippen LogP contribution is -2.55. The summed E-state index contributed by atoms with van der Waals surface area (Å²) in [6.45, 7) is 7.42. The van der Waals surface area contributed by atoms with Crippen LogP contribution >= 0.6 is 0 Å². The Kier molecular flexibility index (Phi) is 5.21. The van der Waals surface area contributed by atoms with Crippen molar-refractivity contribution in [2.45, 2.75) is 25.4 Å². The molecule has 0 unspecified atom stereocenters. The van der Waals surface area contributed by atoms with Gasteiger partial charge in [0.25, 0.3) is 0 Å². The van der Waals surface area contributed by atoms with E-state index in [1.165, 1.54) is 30.7 Å². The first-order valence-corrected chi connectivity index (χ1v) is 10.7. The molecule has 3 aromatic rings. The van der Waals surface area contributed by atoms with Crippen LogP contribution in [0, 0.1) is 5.82 Å². The summed E-state index contributed by atoms with van der Waals surface area (Å²) in [6, 6.07) is 16.1. The molecule has 0 spiro atoms. The number of benzene rings is 2. The fraction of sp³-hybridized carbons (Fsp3) is 0.435. The normalized spacial score (nSPS) is 21.7. The van der Waals surface area contributed by atoms with Gasteiger partial charge in [0.05, 0.1) is 17.6 Å². The molecule has 0 radical (unpaired) electrons. The fourth-order valence-corrected chi connectivity index (χ4v) is 4.78. The number of aromatic nitrogens is 2. The summed E-state index contributed by atoms with van der Waals surface area (Å²) in [4.78, 5) is 15.6. The number of fused-ring (bicyclic) bond motifs is 1. The largest absolute Gasteiger partial charge is 0.369 e. The summed E-state index contributed by atoms with van der Waals surface area (Å²) >= 11 is 0. The summed E-state index contributed by atoms with van der Waals surface area (Å²) in [5.41, 5.74) is 2.95. The molecular formula is C23H28FN5. The molecule has 1 aromatic heterocycles. The second-order valence-electron chi connectivity index (χ2n) is 8.23. The minimum atomic E-state index is -0.222. The van der Waals surface area contributed by atoms with Crippen LogP contribution in [0.2, 0.25) is 0 Å². The molecule has 5 nitrogen and oxygen atoms in total. The van der Waals surface area contributed by atoms with E-state index in [9.17, 15) is 4.39 Å². The topological polar surface area (TPSA) is 38.4 Å². The summed E-state index contributed by atoms with van der Waals surface area (Å²) in [6.07, 6.45) is 2.49. The zero-order valence-electron chi connectivity index (χ0n) is 16.7. The average molecular weight is 394 g/mol. The number of piperidine rings is 1. The predicted octanol–water partition coefficient (Wildman–Crippen LogP) is 3.49. The predicted molar refractivity (Wildman–Crippen MR) is 115 cm³/mol. The Labute approximate surface area is 171 Å². The molecule has 2 aliphatic rings. The van der Waals surface area contributed by atoms with Gasteiger partial charge >= 0.3 is 0 Å². The maximum atomic E-state index is 13.4. The van der Waals surface area contributed by atoms with Gasteiger partial charge in [-0.25, -0.2) is 9.37 Å². The van der Waals surface area contributed by atoms with Crippen molar-refractivity contribution in [2.75, 3.05) is 44.2 Å². The lowest BCUT2D eigenvalue weighted by molar-refractivity contribution is 0.0875. The average Bonchev–Trinajstić information content (AvgIpc) is 3.16. The number of para-hydroxylation sites is 1. The van der Waals surface area contributed by atoms with E-state index in [4.69, 9.17) is 0 Å². The number of imidazole rings is 1. The quantitative estimate of drug-likeness (QED) is 0.737. The van der Waals surface area contributed by atoms with Crippen molar-refractivity contribution in [1.82, 2.24) is 19.8 Å². The molecule has 0 aliphatic carbocycles. The van der Waals surface area contributed by atoms with E-state index in [-0.39, 0.29) is 5.82 Å². The van der Waals surface area contributed by atoms with Gasteiger partial charge in [0.1, 0.15) is 11.6 Å². The van der Waals surface area contributed by atoms with Gasteiger partial charge in [0.2, 0.25) is 0 Å². The first-order valence-electron chi connectivity index (χ1n) is 10.7. The second-order valence-corrected chi connectivity index (χ2v) is 8.23. The Bertz CT molecular complexity index is 948. The molecule has 0 bridgehead atoms. The zero-order valence-corrected chi connectivity index (χ0v) is 16.7. The molecule has 0 saturated carbocycles. The maximum absolute atomic E-state index is 13.4. The Morgan fingerprint density at radius 1 is 1.00 bits per heavy atom. The molecule has 29 heavy (non-hydrogen) atoms. The van der Waals surface area contributed by atoms with Gasteiger partial charge in [-0.1, -0.05) is 18.2 Å². The Morgan fingerprint density at radius 2 is 1.83 bits per heavy atom. The van der Waals surface area contributed by atoms with Gasteiger partial charge < -0.3 is 9.88 Å². The van der Waals surface area contributed by atoms with Crippen molar-refractivity contribution in [3.05, 3.63) is 60.2 Å². The molecule has 2 fully saturated rings. The lowest BCUT2D eigenvalue weighted by Gasteiger charge is -2.43. The molecule has 5 rings (SSSR count).